The van der Waals surface area contributed by atoms with Crippen LogP contribution in [0.4, 0.5) is 0 Å². The number of carbonyl (C=O) groups is 1. The molecule has 4 rings (SSSR count). The monoisotopic (exact) mass is 335 g/mol. The Bertz CT molecular complexity index is 984. The zero-order valence-corrected chi connectivity index (χ0v) is 14.2. The lowest BCUT2D eigenvalue weighted by Gasteiger charge is -2.16. The maximum Gasteiger partial charge on any atom is 0.242 e. The Hall–Kier alpha value is -2.66. The van der Waals surface area contributed by atoms with Gasteiger partial charge in [-0.25, -0.2) is 4.98 Å². The van der Waals surface area contributed by atoms with Crippen molar-refractivity contribution >= 4 is 38.4 Å². The maximum atomic E-state index is 12.6. The quantitative estimate of drug-likeness (QED) is 0.567. The molecule has 0 saturated carbocycles. The van der Waals surface area contributed by atoms with Gasteiger partial charge in [0.15, 0.2) is 0 Å². The molecule has 1 amide bonds. The van der Waals surface area contributed by atoms with Crippen molar-refractivity contribution in [1.29, 1.82) is 0 Å². The number of benzene rings is 2. The Labute approximate surface area is 144 Å². The van der Waals surface area contributed by atoms with Crippen LogP contribution < -0.4 is 0 Å². The van der Waals surface area contributed by atoms with Crippen molar-refractivity contribution in [3.05, 3.63) is 65.8 Å². The summed E-state index contributed by atoms with van der Waals surface area (Å²) in [6.07, 6.45) is 1.97. The van der Waals surface area contributed by atoms with E-state index in [1.54, 1.807) is 16.2 Å². The summed E-state index contributed by atoms with van der Waals surface area (Å²) in [7, 11) is 1.83. The molecule has 0 bridgehead atoms. The van der Waals surface area contributed by atoms with Crippen LogP contribution >= 0.6 is 11.3 Å². The standard InChI is InChI=1S/C19H17N3OS/c1-21(12-18-20-15-7-3-5-9-17(15)24-18)19(23)13-22-11-10-14-6-2-4-8-16(14)22/h2-11H,12-13H2,1H3. The largest absolute Gasteiger partial charge is 0.338 e. The molecular formula is C19H17N3OS. The highest BCUT2D eigenvalue weighted by molar-refractivity contribution is 7.18. The molecule has 0 aliphatic rings. The fourth-order valence-corrected chi connectivity index (χ4v) is 3.84. The Kier molecular flexibility index (Phi) is 3.78. The van der Waals surface area contributed by atoms with E-state index in [2.05, 4.69) is 17.1 Å². The number of fused-ring (bicyclic) bond motifs is 2. The van der Waals surface area contributed by atoms with Crippen molar-refractivity contribution in [3.63, 3.8) is 0 Å². The molecule has 24 heavy (non-hydrogen) atoms. The normalized spacial score (nSPS) is 11.2. The van der Waals surface area contributed by atoms with Gasteiger partial charge in [0.25, 0.3) is 0 Å². The summed E-state index contributed by atoms with van der Waals surface area (Å²) in [5.74, 6) is 0.0793. The molecule has 2 aromatic heterocycles. The molecule has 2 heterocycles. The number of thiazole rings is 1. The zero-order chi connectivity index (χ0) is 16.5. The second-order valence-electron chi connectivity index (χ2n) is 5.83. The van der Waals surface area contributed by atoms with Crippen LogP contribution in [0.5, 0.6) is 0 Å². The highest BCUT2D eigenvalue weighted by atomic mass is 32.1. The number of hydrogen-bond acceptors (Lipinski definition) is 3. The van der Waals surface area contributed by atoms with Gasteiger partial charge in [-0.15, -0.1) is 11.3 Å². The number of aromatic nitrogens is 2. The first-order valence-electron chi connectivity index (χ1n) is 7.83. The molecule has 0 unspecified atom stereocenters. The molecule has 0 aliphatic heterocycles. The average molecular weight is 335 g/mol. The van der Waals surface area contributed by atoms with Crippen LogP contribution in [0.3, 0.4) is 0 Å². The molecule has 2 aromatic carbocycles. The molecule has 0 aliphatic carbocycles. The summed E-state index contributed by atoms with van der Waals surface area (Å²) in [6, 6.07) is 18.2. The fourth-order valence-electron chi connectivity index (χ4n) is 2.82. The molecule has 0 fully saturated rings. The van der Waals surface area contributed by atoms with E-state index >= 15 is 0 Å². The van der Waals surface area contributed by atoms with E-state index in [0.717, 1.165) is 26.1 Å². The van der Waals surface area contributed by atoms with E-state index in [-0.39, 0.29) is 5.91 Å². The lowest BCUT2D eigenvalue weighted by Crippen LogP contribution is -2.29. The van der Waals surface area contributed by atoms with Crippen molar-refractivity contribution in [2.75, 3.05) is 7.05 Å². The van der Waals surface area contributed by atoms with Crippen LogP contribution in [0.15, 0.2) is 60.8 Å². The van der Waals surface area contributed by atoms with E-state index in [0.29, 0.717) is 13.1 Å². The Balaban J connectivity index is 1.49. The first-order chi connectivity index (χ1) is 11.7. The minimum Gasteiger partial charge on any atom is -0.338 e. The van der Waals surface area contributed by atoms with Gasteiger partial charge in [-0.3, -0.25) is 4.79 Å². The molecule has 4 aromatic rings. The molecule has 4 nitrogen and oxygen atoms in total. The van der Waals surface area contributed by atoms with Crippen molar-refractivity contribution < 1.29 is 4.79 Å². The average Bonchev–Trinajstić information content (AvgIpc) is 3.18. The number of carbonyl (C=O) groups excluding carboxylic acids is 1. The number of rotatable bonds is 4. The van der Waals surface area contributed by atoms with Crippen LogP contribution in [-0.2, 0) is 17.9 Å². The minimum atomic E-state index is 0.0793. The lowest BCUT2D eigenvalue weighted by atomic mass is 10.2. The fraction of sp³-hybridized carbons (Fsp3) is 0.158. The van der Waals surface area contributed by atoms with Gasteiger partial charge in [-0.2, -0.15) is 0 Å². The van der Waals surface area contributed by atoms with Gasteiger partial charge in [0.2, 0.25) is 5.91 Å². The molecule has 0 spiro atoms. The highest BCUT2D eigenvalue weighted by Crippen LogP contribution is 2.22. The van der Waals surface area contributed by atoms with Crippen LogP contribution in [0.25, 0.3) is 21.1 Å². The van der Waals surface area contributed by atoms with E-state index in [1.165, 1.54) is 0 Å². The van der Waals surface area contributed by atoms with Gasteiger partial charge in [0.1, 0.15) is 11.6 Å². The number of para-hydroxylation sites is 2. The summed E-state index contributed by atoms with van der Waals surface area (Å²) in [5, 5.41) is 2.11. The van der Waals surface area contributed by atoms with Gasteiger partial charge in [-0.05, 0) is 29.7 Å². The van der Waals surface area contributed by atoms with Gasteiger partial charge in [0, 0.05) is 18.8 Å². The molecule has 5 heteroatoms. The molecule has 0 saturated heterocycles. The second-order valence-corrected chi connectivity index (χ2v) is 6.94. The Morgan fingerprint density at radius 3 is 2.79 bits per heavy atom. The molecular weight excluding hydrogens is 318 g/mol. The summed E-state index contributed by atoms with van der Waals surface area (Å²) < 4.78 is 3.15. The molecule has 0 N–H and O–H groups in total. The number of likely N-dealkylation sites (N-methyl/N-ethyl adjacent to an activating group) is 1. The summed E-state index contributed by atoms with van der Waals surface area (Å²) in [5.41, 5.74) is 2.08. The predicted octanol–water partition coefficient (Wildman–Crippen LogP) is 3.91. The van der Waals surface area contributed by atoms with Gasteiger partial charge in [0.05, 0.1) is 16.8 Å². The molecule has 120 valence electrons. The Morgan fingerprint density at radius 2 is 1.92 bits per heavy atom. The summed E-state index contributed by atoms with van der Waals surface area (Å²) in [4.78, 5) is 18.9. The molecule has 0 atom stereocenters. The summed E-state index contributed by atoms with van der Waals surface area (Å²) >= 11 is 1.64. The van der Waals surface area contributed by atoms with Crippen LogP contribution in [0.2, 0.25) is 0 Å². The minimum absolute atomic E-state index is 0.0793. The predicted molar refractivity (Wildman–Crippen MR) is 98.0 cm³/mol. The first kappa shape index (κ1) is 14.9. The SMILES string of the molecule is CN(Cc1nc2ccccc2s1)C(=O)Cn1ccc2ccccc21. The maximum absolute atomic E-state index is 12.6. The third kappa shape index (κ3) is 2.78. The van der Waals surface area contributed by atoms with Crippen molar-refractivity contribution in [3.8, 4) is 0 Å². The number of nitrogens with zero attached hydrogens (tertiary/aromatic N) is 3. The first-order valence-corrected chi connectivity index (χ1v) is 8.64. The van der Waals surface area contributed by atoms with Gasteiger partial charge >= 0.3 is 0 Å². The molecule has 0 radical (unpaired) electrons. The number of amides is 1. The van der Waals surface area contributed by atoms with Crippen molar-refractivity contribution in [2.45, 2.75) is 13.1 Å². The van der Waals surface area contributed by atoms with Gasteiger partial charge < -0.3 is 9.47 Å². The Morgan fingerprint density at radius 1 is 1.12 bits per heavy atom. The van der Waals surface area contributed by atoms with Crippen LogP contribution in [0, 0.1) is 0 Å². The van der Waals surface area contributed by atoms with Crippen LogP contribution in [-0.4, -0.2) is 27.4 Å². The highest BCUT2D eigenvalue weighted by Gasteiger charge is 2.13. The lowest BCUT2D eigenvalue weighted by molar-refractivity contribution is -0.131. The number of hydrogen-bond donors (Lipinski definition) is 0. The van der Waals surface area contributed by atoms with Crippen LogP contribution in [0.1, 0.15) is 5.01 Å². The van der Waals surface area contributed by atoms with E-state index < -0.39 is 0 Å². The third-order valence-electron chi connectivity index (χ3n) is 4.12. The van der Waals surface area contributed by atoms with Crippen molar-refractivity contribution in [2.24, 2.45) is 0 Å². The van der Waals surface area contributed by atoms with Crippen molar-refractivity contribution in [1.82, 2.24) is 14.5 Å². The van der Waals surface area contributed by atoms with E-state index in [9.17, 15) is 4.79 Å². The second kappa shape index (κ2) is 6.09. The van der Waals surface area contributed by atoms with Gasteiger partial charge in [-0.1, -0.05) is 30.3 Å². The van der Waals surface area contributed by atoms with E-state index in [1.807, 2.05) is 60.3 Å². The van der Waals surface area contributed by atoms with E-state index in [4.69, 9.17) is 0 Å². The zero-order valence-electron chi connectivity index (χ0n) is 13.3. The third-order valence-corrected chi connectivity index (χ3v) is 5.14. The topological polar surface area (TPSA) is 38.1 Å². The smallest absolute Gasteiger partial charge is 0.242 e. The summed E-state index contributed by atoms with van der Waals surface area (Å²) in [6.45, 7) is 0.881.